The Kier molecular flexibility index (Phi) is 8.38. The van der Waals surface area contributed by atoms with Gasteiger partial charge in [0.25, 0.3) is 0 Å². The Morgan fingerprint density at radius 1 is 0.482 bits per heavy atom. The molecule has 280 valence electrons. The zero-order chi connectivity index (χ0) is 37.4. The van der Waals surface area contributed by atoms with Crippen molar-refractivity contribution in [3.05, 3.63) is 162 Å². The molecule has 6 aliphatic carbocycles. The monoisotopic (exact) mass is 729 g/mol. The van der Waals surface area contributed by atoms with Crippen molar-refractivity contribution in [2.45, 2.75) is 95.3 Å². The van der Waals surface area contributed by atoms with Gasteiger partial charge >= 0.3 is 0 Å². The van der Waals surface area contributed by atoms with E-state index in [1.54, 1.807) is 5.56 Å². The molecule has 6 aliphatic rings. The lowest BCUT2D eigenvalue weighted by Crippen LogP contribution is -2.43. The first-order chi connectivity index (χ1) is 27.5. The summed E-state index contributed by atoms with van der Waals surface area (Å²) in [6.07, 6.45) is 14.0. The van der Waals surface area contributed by atoms with Crippen LogP contribution >= 0.6 is 0 Å². The van der Waals surface area contributed by atoms with Gasteiger partial charge in [0.2, 0.25) is 0 Å². The fourth-order valence-electron chi connectivity index (χ4n) is 13.0. The van der Waals surface area contributed by atoms with Crippen LogP contribution in [0.5, 0.6) is 0 Å². The number of hydrogen-bond acceptors (Lipinski definition) is 1. The van der Waals surface area contributed by atoms with Gasteiger partial charge in [-0.3, -0.25) is 0 Å². The molecule has 0 spiro atoms. The molecule has 12 rings (SSSR count). The molecule has 0 unspecified atom stereocenters. The van der Waals surface area contributed by atoms with Gasteiger partial charge < -0.3 is 4.90 Å². The summed E-state index contributed by atoms with van der Waals surface area (Å²) in [5, 5.41) is 0. The largest absolute Gasteiger partial charge is 0.310 e. The van der Waals surface area contributed by atoms with Crippen LogP contribution in [0, 0.1) is 23.7 Å². The number of anilines is 3. The van der Waals surface area contributed by atoms with E-state index in [-0.39, 0.29) is 5.41 Å². The zero-order valence-electron chi connectivity index (χ0n) is 33.3. The van der Waals surface area contributed by atoms with Crippen LogP contribution in [0.1, 0.15) is 112 Å². The smallest absolute Gasteiger partial charge is 0.0543 e. The molecule has 0 radical (unpaired) electrons. The summed E-state index contributed by atoms with van der Waals surface area (Å²) in [7, 11) is 0. The maximum atomic E-state index is 2.60. The molecule has 1 heteroatoms. The van der Waals surface area contributed by atoms with E-state index in [0.717, 1.165) is 29.6 Å². The molecule has 0 heterocycles. The Labute approximate surface area is 334 Å². The molecular formula is C55H55N. The minimum atomic E-state index is -0.180. The number of benzene rings is 6. The molecule has 0 aliphatic heterocycles. The van der Waals surface area contributed by atoms with E-state index in [2.05, 4.69) is 158 Å². The second kappa shape index (κ2) is 13.7. The second-order valence-corrected chi connectivity index (χ2v) is 18.8. The molecule has 56 heavy (non-hydrogen) atoms. The quantitative estimate of drug-likeness (QED) is 0.158. The highest BCUT2D eigenvalue weighted by Crippen LogP contribution is 2.61. The summed E-state index contributed by atoms with van der Waals surface area (Å²) in [6, 6.07) is 53.9. The van der Waals surface area contributed by atoms with Crippen molar-refractivity contribution < 1.29 is 0 Å². The highest BCUT2D eigenvalue weighted by molar-refractivity contribution is 6.01. The predicted octanol–water partition coefficient (Wildman–Crippen LogP) is 15.4. The number of rotatable bonds is 7. The molecule has 5 fully saturated rings. The van der Waals surface area contributed by atoms with Gasteiger partial charge in [-0.05, 0) is 161 Å². The van der Waals surface area contributed by atoms with Crippen LogP contribution in [0.4, 0.5) is 17.1 Å². The molecule has 6 aromatic carbocycles. The summed E-state index contributed by atoms with van der Waals surface area (Å²) < 4.78 is 0. The van der Waals surface area contributed by atoms with Crippen LogP contribution in [0.2, 0.25) is 0 Å². The summed E-state index contributed by atoms with van der Waals surface area (Å²) in [5.74, 6) is 5.15. The van der Waals surface area contributed by atoms with E-state index < -0.39 is 0 Å². The Morgan fingerprint density at radius 3 is 1.71 bits per heavy atom. The van der Waals surface area contributed by atoms with Crippen LogP contribution in [0.15, 0.2) is 140 Å². The van der Waals surface area contributed by atoms with Crippen molar-refractivity contribution in [2.24, 2.45) is 23.7 Å². The van der Waals surface area contributed by atoms with Gasteiger partial charge in [0.15, 0.2) is 0 Å². The van der Waals surface area contributed by atoms with Crippen molar-refractivity contribution in [1.82, 2.24) is 0 Å². The number of hydrogen-bond donors (Lipinski definition) is 0. The normalized spacial score (nSPS) is 24.5. The topological polar surface area (TPSA) is 3.24 Å². The molecular weight excluding hydrogens is 675 g/mol. The van der Waals surface area contributed by atoms with Crippen molar-refractivity contribution >= 4 is 17.1 Å². The molecule has 0 amide bonds. The molecule has 5 saturated carbocycles. The van der Waals surface area contributed by atoms with Gasteiger partial charge in [-0.1, -0.05) is 142 Å². The van der Waals surface area contributed by atoms with Gasteiger partial charge in [0, 0.05) is 22.4 Å². The molecule has 4 bridgehead atoms. The lowest BCUT2D eigenvalue weighted by Gasteiger charge is -2.54. The van der Waals surface area contributed by atoms with Crippen molar-refractivity contribution in [3.63, 3.8) is 0 Å². The predicted molar refractivity (Wildman–Crippen MR) is 235 cm³/mol. The van der Waals surface area contributed by atoms with Crippen molar-refractivity contribution in [2.75, 3.05) is 4.90 Å². The SMILES string of the molecule is CC1(C)c2ccccc2-c2ccc(N(c3ccc(C4CCCCC4)cc3)c3ccc(C4C5CC6CC(C5)CC4C6)cc3)c(-c3ccccc3-c3ccccc3)c21. The minimum absolute atomic E-state index is 0.180. The van der Waals surface area contributed by atoms with Crippen LogP contribution in [-0.4, -0.2) is 0 Å². The Balaban J connectivity index is 1.11. The maximum absolute atomic E-state index is 2.60. The van der Waals surface area contributed by atoms with E-state index in [0.29, 0.717) is 5.92 Å². The van der Waals surface area contributed by atoms with Crippen LogP contribution in [0.3, 0.4) is 0 Å². The van der Waals surface area contributed by atoms with E-state index in [1.165, 1.54) is 131 Å². The summed E-state index contributed by atoms with van der Waals surface area (Å²) in [6.45, 7) is 4.89. The van der Waals surface area contributed by atoms with Crippen LogP contribution in [0.25, 0.3) is 33.4 Å². The summed E-state index contributed by atoms with van der Waals surface area (Å²) in [4.78, 5) is 2.60. The molecule has 6 aromatic rings. The first-order valence-electron chi connectivity index (χ1n) is 21.9. The minimum Gasteiger partial charge on any atom is -0.310 e. The van der Waals surface area contributed by atoms with Gasteiger partial charge in [-0.25, -0.2) is 0 Å². The Hall–Kier alpha value is -4.88. The average molecular weight is 730 g/mol. The van der Waals surface area contributed by atoms with Gasteiger partial charge in [0.05, 0.1) is 5.69 Å². The average Bonchev–Trinajstić information content (AvgIpc) is 3.48. The van der Waals surface area contributed by atoms with Gasteiger partial charge in [0.1, 0.15) is 0 Å². The number of fused-ring (bicyclic) bond motifs is 3. The molecule has 0 N–H and O–H groups in total. The molecule has 1 nitrogen and oxygen atoms in total. The molecule has 0 atom stereocenters. The highest BCUT2D eigenvalue weighted by atomic mass is 15.1. The van der Waals surface area contributed by atoms with Crippen molar-refractivity contribution in [1.29, 1.82) is 0 Å². The fraction of sp³-hybridized carbons (Fsp3) is 0.345. The summed E-state index contributed by atoms with van der Waals surface area (Å²) in [5.41, 5.74) is 17.4. The lowest BCUT2D eigenvalue weighted by atomic mass is 9.51. The molecule has 0 saturated heterocycles. The van der Waals surface area contributed by atoms with Gasteiger partial charge in [-0.2, -0.15) is 0 Å². The van der Waals surface area contributed by atoms with E-state index in [1.807, 2.05) is 0 Å². The Morgan fingerprint density at radius 2 is 1.05 bits per heavy atom. The van der Waals surface area contributed by atoms with E-state index in [4.69, 9.17) is 0 Å². The lowest BCUT2D eigenvalue weighted by molar-refractivity contribution is -0.00277. The zero-order valence-corrected chi connectivity index (χ0v) is 33.3. The van der Waals surface area contributed by atoms with Crippen LogP contribution < -0.4 is 4.90 Å². The van der Waals surface area contributed by atoms with Crippen LogP contribution in [-0.2, 0) is 5.41 Å². The van der Waals surface area contributed by atoms with E-state index in [9.17, 15) is 0 Å². The first-order valence-corrected chi connectivity index (χ1v) is 21.9. The Bertz CT molecular complexity index is 2350. The third kappa shape index (κ3) is 5.63. The first kappa shape index (κ1) is 34.4. The highest BCUT2D eigenvalue weighted by Gasteiger charge is 2.48. The fourth-order valence-corrected chi connectivity index (χ4v) is 13.0. The number of nitrogens with zero attached hydrogens (tertiary/aromatic N) is 1. The van der Waals surface area contributed by atoms with E-state index >= 15 is 0 Å². The van der Waals surface area contributed by atoms with Gasteiger partial charge in [-0.15, -0.1) is 0 Å². The molecule has 0 aromatic heterocycles. The van der Waals surface area contributed by atoms with Crippen molar-refractivity contribution in [3.8, 4) is 33.4 Å². The summed E-state index contributed by atoms with van der Waals surface area (Å²) >= 11 is 0. The maximum Gasteiger partial charge on any atom is 0.0543 e. The third-order valence-electron chi connectivity index (χ3n) is 15.2. The third-order valence-corrected chi connectivity index (χ3v) is 15.2. The second-order valence-electron chi connectivity index (χ2n) is 18.8. The standard InChI is InChI=1S/C55H55N/c1-55(2)50-20-12-11-18-47(50)49-29-30-51(53(54(49)55)48-19-10-9-17-46(48)40-15-7-4-8-16-40)56(44-25-21-39(22-26-44)38-13-5-3-6-14-38)45-27-23-41(24-28-45)52-42-32-36-31-37(34-42)35-43(52)33-36/h4,7-12,15-30,36-38,42-43,52H,3,5-6,13-14,31-35H2,1-2H3.